The highest BCUT2D eigenvalue weighted by Crippen LogP contribution is 2.28. The molecule has 2 nitrogen and oxygen atoms in total. The maximum Gasteiger partial charge on any atom is 0.142 e. The zero-order chi connectivity index (χ0) is 15.2. The smallest absolute Gasteiger partial charge is 0.142 e. The highest BCUT2D eigenvalue weighted by molar-refractivity contribution is 9.10. The van der Waals surface area contributed by atoms with Crippen molar-refractivity contribution >= 4 is 33.2 Å². The van der Waals surface area contributed by atoms with Crippen molar-refractivity contribution in [3.8, 4) is 5.75 Å². The number of ether oxygens (including phenoxy) is 1. The van der Waals surface area contributed by atoms with Crippen LogP contribution in [0.25, 0.3) is 0 Å². The summed E-state index contributed by atoms with van der Waals surface area (Å²) >= 11 is 9.46. The van der Waals surface area contributed by atoms with Crippen molar-refractivity contribution in [3.05, 3.63) is 57.0 Å². The molecule has 0 unspecified atom stereocenters. The van der Waals surface area contributed by atoms with E-state index in [1.54, 1.807) is 0 Å². The second-order valence-corrected chi connectivity index (χ2v) is 6.21. The molecule has 0 aromatic heterocycles. The number of halogens is 2. The van der Waals surface area contributed by atoms with Gasteiger partial charge >= 0.3 is 0 Å². The predicted molar refractivity (Wildman–Crippen MR) is 93.4 cm³/mol. The average molecular weight is 369 g/mol. The molecule has 0 bridgehead atoms. The molecule has 21 heavy (non-hydrogen) atoms. The Morgan fingerprint density at radius 1 is 1.19 bits per heavy atom. The van der Waals surface area contributed by atoms with Crippen LogP contribution in [0.5, 0.6) is 5.75 Å². The number of aryl methyl sites for hydroxylation is 1. The summed E-state index contributed by atoms with van der Waals surface area (Å²) in [4.78, 5) is 0. The summed E-state index contributed by atoms with van der Waals surface area (Å²) in [7, 11) is 0. The van der Waals surface area contributed by atoms with Gasteiger partial charge in [0, 0.05) is 11.0 Å². The molecular weight excluding hydrogens is 350 g/mol. The Morgan fingerprint density at radius 3 is 2.71 bits per heavy atom. The molecule has 4 heteroatoms. The zero-order valence-corrected chi connectivity index (χ0v) is 14.6. The van der Waals surface area contributed by atoms with Crippen LogP contribution >= 0.6 is 27.5 Å². The summed E-state index contributed by atoms with van der Waals surface area (Å²) in [5, 5.41) is 4.15. The van der Waals surface area contributed by atoms with E-state index in [9.17, 15) is 0 Å². The molecule has 0 aliphatic carbocycles. The Bertz CT molecular complexity index is 616. The SMILES string of the molecule is CCCOc1cc(C)ccc1NCc1ccc(Cl)c(Br)c1. The molecule has 1 N–H and O–H groups in total. The van der Waals surface area contributed by atoms with Crippen LogP contribution in [0.2, 0.25) is 5.02 Å². The molecule has 0 radical (unpaired) electrons. The molecule has 112 valence electrons. The van der Waals surface area contributed by atoms with Crippen molar-refractivity contribution in [2.24, 2.45) is 0 Å². The first kappa shape index (κ1) is 16.2. The highest BCUT2D eigenvalue weighted by Gasteiger charge is 2.05. The molecule has 0 atom stereocenters. The predicted octanol–water partition coefficient (Wildman–Crippen LogP) is 5.81. The van der Waals surface area contributed by atoms with E-state index in [-0.39, 0.29) is 0 Å². The quantitative estimate of drug-likeness (QED) is 0.694. The fourth-order valence-electron chi connectivity index (χ4n) is 1.95. The Labute approximate surface area is 139 Å². The standard InChI is InChI=1S/C17H19BrClNO/c1-3-8-21-17-9-12(2)4-7-16(17)20-11-13-5-6-15(19)14(18)10-13/h4-7,9-10,20H,3,8,11H2,1-2H3. The largest absolute Gasteiger partial charge is 0.491 e. The molecule has 0 amide bonds. The Balaban J connectivity index is 2.09. The first-order valence-corrected chi connectivity index (χ1v) is 8.18. The van der Waals surface area contributed by atoms with Crippen molar-refractivity contribution in [1.29, 1.82) is 0 Å². The van der Waals surface area contributed by atoms with E-state index < -0.39 is 0 Å². The van der Waals surface area contributed by atoms with E-state index in [1.165, 1.54) is 5.56 Å². The third-order valence-electron chi connectivity index (χ3n) is 3.07. The van der Waals surface area contributed by atoms with Gasteiger partial charge in [-0.2, -0.15) is 0 Å². The highest BCUT2D eigenvalue weighted by atomic mass is 79.9. The van der Waals surface area contributed by atoms with E-state index in [4.69, 9.17) is 16.3 Å². The van der Waals surface area contributed by atoms with Crippen LogP contribution in [-0.2, 0) is 6.54 Å². The monoisotopic (exact) mass is 367 g/mol. The molecule has 2 rings (SSSR count). The van der Waals surface area contributed by atoms with Gasteiger partial charge in [-0.05, 0) is 64.7 Å². The van der Waals surface area contributed by atoms with Crippen LogP contribution in [0.3, 0.4) is 0 Å². The molecule has 0 aliphatic heterocycles. The van der Waals surface area contributed by atoms with Gasteiger partial charge in [0.2, 0.25) is 0 Å². The molecular formula is C17H19BrClNO. The lowest BCUT2D eigenvalue weighted by Crippen LogP contribution is -2.04. The zero-order valence-electron chi connectivity index (χ0n) is 12.2. The van der Waals surface area contributed by atoms with E-state index in [0.717, 1.165) is 46.1 Å². The van der Waals surface area contributed by atoms with Gasteiger partial charge in [0.1, 0.15) is 5.75 Å². The first-order valence-electron chi connectivity index (χ1n) is 7.01. The number of nitrogens with one attached hydrogen (secondary N) is 1. The molecule has 0 saturated heterocycles. The number of hydrogen-bond acceptors (Lipinski definition) is 2. The van der Waals surface area contributed by atoms with Crippen molar-refractivity contribution < 1.29 is 4.74 Å². The molecule has 0 fully saturated rings. The second kappa shape index (κ2) is 7.71. The topological polar surface area (TPSA) is 21.3 Å². The molecule has 0 saturated carbocycles. The number of benzene rings is 2. The normalized spacial score (nSPS) is 10.5. The van der Waals surface area contributed by atoms with Crippen molar-refractivity contribution in [2.75, 3.05) is 11.9 Å². The average Bonchev–Trinajstić information content (AvgIpc) is 2.47. The Hall–Kier alpha value is -1.19. The maximum absolute atomic E-state index is 6.01. The second-order valence-electron chi connectivity index (χ2n) is 4.95. The van der Waals surface area contributed by atoms with Crippen molar-refractivity contribution in [3.63, 3.8) is 0 Å². The van der Waals surface area contributed by atoms with Crippen molar-refractivity contribution in [2.45, 2.75) is 26.8 Å². The van der Waals surface area contributed by atoms with Gasteiger partial charge in [-0.25, -0.2) is 0 Å². The lowest BCUT2D eigenvalue weighted by molar-refractivity contribution is 0.318. The number of hydrogen-bond donors (Lipinski definition) is 1. The minimum absolute atomic E-state index is 0.723. The van der Waals surface area contributed by atoms with Crippen LogP contribution in [0, 0.1) is 6.92 Å². The van der Waals surface area contributed by atoms with Crippen LogP contribution in [0.15, 0.2) is 40.9 Å². The molecule has 0 heterocycles. The number of rotatable bonds is 6. The Kier molecular flexibility index (Phi) is 5.95. The van der Waals surface area contributed by atoms with E-state index >= 15 is 0 Å². The minimum atomic E-state index is 0.723. The maximum atomic E-state index is 6.01. The summed E-state index contributed by atoms with van der Waals surface area (Å²) in [6, 6.07) is 12.1. The number of anilines is 1. The van der Waals surface area contributed by atoms with Crippen LogP contribution in [-0.4, -0.2) is 6.61 Å². The summed E-state index contributed by atoms with van der Waals surface area (Å²) < 4.78 is 6.72. The Morgan fingerprint density at radius 2 is 2.00 bits per heavy atom. The van der Waals surface area contributed by atoms with Gasteiger partial charge in [-0.15, -0.1) is 0 Å². The molecule has 2 aromatic carbocycles. The summed E-state index contributed by atoms with van der Waals surface area (Å²) in [5.74, 6) is 0.907. The fourth-order valence-corrected chi connectivity index (χ4v) is 2.50. The van der Waals surface area contributed by atoms with Crippen LogP contribution in [0.1, 0.15) is 24.5 Å². The first-order chi connectivity index (χ1) is 10.1. The van der Waals surface area contributed by atoms with E-state index in [0.29, 0.717) is 0 Å². The summed E-state index contributed by atoms with van der Waals surface area (Å²) in [5.41, 5.74) is 3.37. The van der Waals surface area contributed by atoms with E-state index in [2.05, 4.69) is 53.3 Å². The van der Waals surface area contributed by atoms with Crippen LogP contribution < -0.4 is 10.1 Å². The van der Waals surface area contributed by atoms with Gasteiger partial charge in [0.15, 0.2) is 0 Å². The fraction of sp³-hybridized carbons (Fsp3) is 0.294. The summed E-state index contributed by atoms with van der Waals surface area (Å²) in [6.45, 7) is 5.62. The molecule has 2 aromatic rings. The minimum Gasteiger partial charge on any atom is -0.491 e. The van der Waals surface area contributed by atoms with Gasteiger partial charge in [-0.1, -0.05) is 30.7 Å². The third kappa shape index (κ3) is 4.65. The molecule has 0 spiro atoms. The van der Waals surface area contributed by atoms with E-state index in [1.807, 2.05) is 18.2 Å². The summed E-state index contributed by atoms with van der Waals surface area (Å²) in [6.07, 6.45) is 0.998. The van der Waals surface area contributed by atoms with Gasteiger partial charge in [-0.3, -0.25) is 0 Å². The van der Waals surface area contributed by atoms with Crippen molar-refractivity contribution in [1.82, 2.24) is 0 Å². The third-order valence-corrected chi connectivity index (χ3v) is 4.28. The van der Waals surface area contributed by atoms with Gasteiger partial charge < -0.3 is 10.1 Å². The van der Waals surface area contributed by atoms with Gasteiger partial charge in [0.25, 0.3) is 0 Å². The molecule has 0 aliphatic rings. The van der Waals surface area contributed by atoms with Crippen LogP contribution in [0.4, 0.5) is 5.69 Å². The lowest BCUT2D eigenvalue weighted by Gasteiger charge is -2.14. The van der Waals surface area contributed by atoms with Gasteiger partial charge in [0.05, 0.1) is 17.3 Å². The lowest BCUT2D eigenvalue weighted by atomic mass is 10.2.